The summed E-state index contributed by atoms with van der Waals surface area (Å²) < 4.78 is 11.9. The molecule has 0 bridgehead atoms. The van der Waals surface area contributed by atoms with Gasteiger partial charge in [0.05, 0.1) is 35.3 Å². The Hall–Kier alpha value is -4.90. The zero-order chi connectivity index (χ0) is 26.5. The molecule has 0 aliphatic carbocycles. The predicted molar refractivity (Wildman–Crippen MR) is 140 cm³/mol. The summed E-state index contributed by atoms with van der Waals surface area (Å²) in [6.45, 7) is 1.47. The molecule has 0 spiro atoms. The zero-order valence-electron chi connectivity index (χ0n) is 20.2. The van der Waals surface area contributed by atoms with Gasteiger partial charge >= 0.3 is 5.69 Å². The fourth-order valence-electron chi connectivity index (χ4n) is 4.05. The van der Waals surface area contributed by atoms with E-state index < -0.39 is 4.92 Å². The van der Waals surface area contributed by atoms with Gasteiger partial charge in [0.1, 0.15) is 0 Å². The fraction of sp³-hybridized carbons (Fsp3) is 0.185. The van der Waals surface area contributed by atoms with Crippen molar-refractivity contribution >= 4 is 28.7 Å². The number of nitrogens with zero attached hydrogens (tertiary/aromatic N) is 5. The van der Waals surface area contributed by atoms with Gasteiger partial charge in [0.25, 0.3) is 11.5 Å². The van der Waals surface area contributed by atoms with Crippen molar-refractivity contribution in [3.63, 3.8) is 0 Å². The monoisotopic (exact) mass is 513 g/mol. The molecule has 1 aliphatic heterocycles. The topological polar surface area (TPSA) is 129 Å². The number of para-hydroxylation sites is 1. The van der Waals surface area contributed by atoms with E-state index in [2.05, 4.69) is 10.1 Å². The van der Waals surface area contributed by atoms with Gasteiger partial charge in [-0.1, -0.05) is 42.5 Å². The van der Waals surface area contributed by atoms with Crippen LogP contribution in [-0.2, 0) is 9.53 Å². The van der Waals surface area contributed by atoms with E-state index in [1.54, 1.807) is 35.2 Å². The number of hydrogen-bond acceptors (Lipinski definition) is 8. The second-order valence-electron chi connectivity index (χ2n) is 8.45. The minimum absolute atomic E-state index is 0.0386. The lowest BCUT2D eigenvalue weighted by atomic mass is 10.2. The molecular weight excluding hydrogens is 490 g/mol. The van der Waals surface area contributed by atoms with Gasteiger partial charge in [-0.3, -0.25) is 19.7 Å². The number of ether oxygens (including phenoxy) is 2. The Morgan fingerprint density at radius 2 is 1.82 bits per heavy atom. The molecule has 2 heterocycles. The van der Waals surface area contributed by atoms with Gasteiger partial charge < -0.3 is 14.4 Å². The number of fused-ring (bicyclic) bond motifs is 1. The lowest BCUT2D eigenvalue weighted by Gasteiger charge is -2.26. The average molecular weight is 514 g/mol. The molecule has 3 aromatic carbocycles. The molecule has 192 valence electrons. The minimum Gasteiger partial charge on any atom is -0.477 e. The van der Waals surface area contributed by atoms with Crippen LogP contribution in [0.15, 0.2) is 82.7 Å². The summed E-state index contributed by atoms with van der Waals surface area (Å²) in [5.74, 6) is 0.0229. The van der Waals surface area contributed by atoms with E-state index in [0.717, 1.165) is 0 Å². The number of nitro benzene ring substituents is 1. The van der Waals surface area contributed by atoms with E-state index in [-0.39, 0.29) is 29.5 Å². The smallest absolute Gasteiger partial charge is 0.311 e. The first-order chi connectivity index (χ1) is 18.5. The molecule has 38 heavy (non-hydrogen) atoms. The van der Waals surface area contributed by atoms with Crippen LogP contribution in [0, 0.1) is 10.1 Å². The first-order valence-corrected chi connectivity index (χ1v) is 11.9. The van der Waals surface area contributed by atoms with Crippen LogP contribution in [0.25, 0.3) is 22.3 Å². The molecule has 1 amide bonds. The molecule has 0 saturated carbocycles. The third-order valence-corrected chi connectivity index (χ3v) is 6.00. The van der Waals surface area contributed by atoms with Crippen molar-refractivity contribution in [2.75, 3.05) is 32.9 Å². The molecule has 5 rings (SSSR count). The molecule has 1 aliphatic rings. The lowest BCUT2D eigenvalue weighted by molar-refractivity contribution is -0.385. The van der Waals surface area contributed by atoms with Crippen molar-refractivity contribution in [1.29, 1.82) is 0 Å². The minimum atomic E-state index is -0.592. The molecule has 0 N–H and O–H groups in total. The van der Waals surface area contributed by atoms with E-state index in [4.69, 9.17) is 9.47 Å². The highest BCUT2D eigenvalue weighted by Gasteiger charge is 2.21. The van der Waals surface area contributed by atoms with E-state index >= 15 is 0 Å². The van der Waals surface area contributed by atoms with Gasteiger partial charge in [0.2, 0.25) is 0 Å². The normalized spacial score (nSPS) is 13.6. The third kappa shape index (κ3) is 5.27. The van der Waals surface area contributed by atoms with Crippen molar-refractivity contribution in [2.45, 2.75) is 0 Å². The first kappa shape index (κ1) is 24.8. The molecule has 1 aromatic heterocycles. The van der Waals surface area contributed by atoms with Crippen molar-refractivity contribution < 1.29 is 19.2 Å². The summed E-state index contributed by atoms with van der Waals surface area (Å²) >= 11 is 0. The average Bonchev–Trinajstić information content (AvgIpc) is 2.96. The number of morpholine rings is 1. The van der Waals surface area contributed by atoms with Gasteiger partial charge in [0.15, 0.2) is 18.2 Å². The van der Waals surface area contributed by atoms with Crippen LogP contribution in [0.2, 0.25) is 0 Å². The molecule has 11 nitrogen and oxygen atoms in total. The molecule has 0 atom stereocenters. The van der Waals surface area contributed by atoms with E-state index in [0.29, 0.717) is 54.2 Å². The van der Waals surface area contributed by atoms with Crippen LogP contribution >= 0.6 is 0 Å². The summed E-state index contributed by atoms with van der Waals surface area (Å²) in [5, 5.41) is 16.5. The van der Waals surface area contributed by atoms with Crippen LogP contribution in [0.4, 0.5) is 5.69 Å². The van der Waals surface area contributed by atoms with Crippen molar-refractivity contribution in [2.24, 2.45) is 5.10 Å². The Kier molecular flexibility index (Phi) is 7.18. The number of carbonyl (C=O) groups is 1. The third-order valence-electron chi connectivity index (χ3n) is 6.00. The summed E-state index contributed by atoms with van der Waals surface area (Å²) in [4.78, 5) is 43.0. The summed E-state index contributed by atoms with van der Waals surface area (Å²) in [7, 11) is 0. The van der Waals surface area contributed by atoms with Crippen molar-refractivity contribution in [3.8, 4) is 17.1 Å². The van der Waals surface area contributed by atoms with Crippen LogP contribution in [0.1, 0.15) is 5.56 Å². The van der Waals surface area contributed by atoms with Crippen molar-refractivity contribution in [1.82, 2.24) is 14.6 Å². The zero-order valence-corrected chi connectivity index (χ0v) is 20.2. The van der Waals surface area contributed by atoms with Crippen molar-refractivity contribution in [3.05, 3.63) is 98.8 Å². The van der Waals surface area contributed by atoms with Gasteiger partial charge in [-0.2, -0.15) is 9.78 Å². The summed E-state index contributed by atoms with van der Waals surface area (Å²) in [5.41, 5.74) is 0.888. The van der Waals surface area contributed by atoms with Gasteiger partial charge in [-0.15, -0.1) is 0 Å². The Morgan fingerprint density at radius 3 is 2.58 bits per heavy atom. The number of benzene rings is 3. The number of amides is 1. The standard InChI is InChI=1S/C27H23N5O6/c33-25(30-12-14-37-15-13-30)18-38-24-11-10-19(16-23(24)32(35)36)17-28-31-26(20-6-2-1-3-7-20)29-22-9-5-4-8-21(22)27(31)34/h1-11,16-17H,12-15,18H2. The second kappa shape index (κ2) is 11.0. The Morgan fingerprint density at radius 1 is 1.08 bits per heavy atom. The Labute approximate surface area is 216 Å². The number of nitro groups is 1. The summed E-state index contributed by atoms with van der Waals surface area (Å²) in [6, 6.07) is 20.4. The lowest BCUT2D eigenvalue weighted by Crippen LogP contribution is -2.43. The first-order valence-electron chi connectivity index (χ1n) is 11.9. The second-order valence-corrected chi connectivity index (χ2v) is 8.45. The van der Waals surface area contributed by atoms with Crippen LogP contribution < -0.4 is 10.3 Å². The molecule has 11 heteroatoms. The maximum atomic E-state index is 13.3. The highest BCUT2D eigenvalue weighted by molar-refractivity contribution is 5.83. The maximum Gasteiger partial charge on any atom is 0.311 e. The number of carbonyl (C=O) groups excluding carboxylic acids is 1. The highest BCUT2D eigenvalue weighted by Crippen LogP contribution is 2.28. The van der Waals surface area contributed by atoms with Crippen LogP contribution in [0.5, 0.6) is 5.75 Å². The molecule has 1 saturated heterocycles. The summed E-state index contributed by atoms with van der Waals surface area (Å²) in [6.07, 6.45) is 1.35. The Balaban J connectivity index is 1.45. The van der Waals surface area contributed by atoms with Crippen LogP contribution in [-0.4, -0.2) is 64.5 Å². The fourth-order valence-corrected chi connectivity index (χ4v) is 4.05. The maximum absolute atomic E-state index is 13.3. The van der Waals surface area contributed by atoms with Crippen LogP contribution in [0.3, 0.4) is 0 Å². The molecule has 0 unspecified atom stereocenters. The van der Waals surface area contributed by atoms with Gasteiger partial charge in [-0.25, -0.2) is 4.98 Å². The van der Waals surface area contributed by atoms with E-state index in [1.165, 1.54) is 23.0 Å². The van der Waals surface area contributed by atoms with E-state index in [1.807, 2.05) is 30.3 Å². The molecule has 0 radical (unpaired) electrons. The van der Waals surface area contributed by atoms with Gasteiger partial charge in [-0.05, 0) is 24.3 Å². The Bertz CT molecular complexity index is 1580. The number of aromatic nitrogens is 2. The predicted octanol–water partition coefficient (Wildman–Crippen LogP) is 3.09. The van der Waals surface area contributed by atoms with E-state index in [9.17, 15) is 19.7 Å². The SMILES string of the molecule is O=C(COc1ccc(C=Nn2c(-c3ccccc3)nc3ccccc3c2=O)cc1[N+](=O)[O-])N1CCOCC1. The number of hydrogen-bond donors (Lipinski definition) is 0. The largest absolute Gasteiger partial charge is 0.477 e. The number of rotatable bonds is 7. The van der Waals surface area contributed by atoms with Gasteiger partial charge in [0, 0.05) is 30.3 Å². The molecule has 4 aromatic rings. The highest BCUT2D eigenvalue weighted by atomic mass is 16.6. The quantitative estimate of drug-likeness (QED) is 0.211. The molecular formula is C27H23N5O6. The molecule has 1 fully saturated rings.